The van der Waals surface area contributed by atoms with E-state index in [0.717, 1.165) is 12.1 Å². The average Bonchev–Trinajstić information content (AvgIpc) is 2.33. The zero-order valence-electron chi connectivity index (χ0n) is 9.23. The molecular weight excluding hydrogens is 425 g/mol. The minimum Gasteiger partial charge on any atom is -0.207 e. The molecule has 2 aromatic rings. The van der Waals surface area contributed by atoms with Gasteiger partial charge in [0.05, 0.1) is 9.30 Å². The van der Waals surface area contributed by atoms with Gasteiger partial charge in [-0.1, -0.05) is 45.2 Å². The van der Waals surface area contributed by atoms with E-state index in [-0.39, 0.29) is 10.0 Å². The van der Waals surface area contributed by atoms with Gasteiger partial charge in [-0.05, 0) is 40.2 Å². The molecule has 0 aromatic heterocycles. The summed E-state index contributed by atoms with van der Waals surface area (Å²) < 4.78 is 27.5. The molecule has 19 heavy (non-hydrogen) atoms. The first-order valence-corrected chi connectivity index (χ1v) is 7.60. The Hall–Kier alpha value is -0.160. The van der Waals surface area contributed by atoms with Crippen molar-refractivity contribution in [2.24, 2.45) is 0 Å². The second-order valence-electron chi connectivity index (χ2n) is 3.79. The molecule has 2 rings (SSSR count). The van der Waals surface area contributed by atoms with Crippen LogP contribution in [0.5, 0.6) is 0 Å². The van der Waals surface area contributed by atoms with Crippen molar-refractivity contribution in [2.75, 3.05) is 0 Å². The highest BCUT2D eigenvalue weighted by atomic mass is 79.9. The van der Waals surface area contributed by atoms with Gasteiger partial charge in [0.15, 0.2) is 0 Å². The average molecular weight is 431 g/mol. The van der Waals surface area contributed by atoms with Crippen molar-refractivity contribution in [3.63, 3.8) is 0 Å². The first-order chi connectivity index (χ1) is 8.91. The molecule has 0 nitrogen and oxygen atoms in total. The zero-order chi connectivity index (χ0) is 14.2. The van der Waals surface area contributed by atoms with Crippen LogP contribution in [-0.4, -0.2) is 0 Å². The van der Waals surface area contributed by atoms with Crippen LogP contribution in [0.2, 0.25) is 10.0 Å². The SMILES string of the molecule is Fc1cc(C(Br)c2c(Cl)cccc2Cl)c(F)cc1Br. The number of hydrogen-bond donors (Lipinski definition) is 0. The lowest BCUT2D eigenvalue weighted by atomic mass is 10.0. The third-order valence-corrected chi connectivity index (χ3v) is 4.78. The van der Waals surface area contributed by atoms with Crippen LogP contribution in [0.3, 0.4) is 0 Å². The minimum atomic E-state index is -0.628. The summed E-state index contributed by atoms with van der Waals surface area (Å²) in [6, 6.07) is 7.16. The topological polar surface area (TPSA) is 0 Å². The summed E-state index contributed by atoms with van der Waals surface area (Å²) in [4.78, 5) is -0.628. The third-order valence-electron chi connectivity index (χ3n) is 2.57. The molecule has 2 aromatic carbocycles. The van der Waals surface area contributed by atoms with Gasteiger partial charge >= 0.3 is 0 Å². The summed E-state index contributed by atoms with van der Waals surface area (Å²) in [5.74, 6) is -1.10. The van der Waals surface area contributed by atoms with Gasteiger partial charge in [0.2, 0.25) is 0 Å². The van der Waals surface area contributed by atoms with E-state index in [1.807, 2.05) is 0 Å². The van der Waals surface area contributed by atoms with Crippen LogP contribution in [0.25, 0.3) is 0 Å². The van der Waals surface area contributed by atoms with Crippen molar-refractivity contribution in [2.45, 2.75) is 4.83 Å². The van der Waals surface area contributed by atoms with E-state index in [0.29, 0.717) is 15.6 Å². The van der Waals surface area contributed by atoms with Crippen molar-refractivity contribution in [3.05, 3.63) is 67.6 Å². The lowest BCUT2D eigenvalue weighted by molar-refractivity contribution is 0.583. The first-order valence-electron chi connectivity index (χ1n) is 5.14. The Morgan fingerprint density at radius 1 is 1.00 bits per heavy atom. The summed E-state index contributed by atoms with van der Waals surface area (Å²) in [6.45, 7) is 0. The molecule has 0 aliphatic heterocycles. The predicted octanol–water partition coefficient (Wildman–Crippen LogP) is 6.52. The first kappa shape index (κ1) is 15.2. The highest BCUT2D eigenvalue weighted by Crippen LogP contribution is 2.41. The Balaban J connectivity index is 2.56. The van der Waals surface area contributed by atoms with Crippen molar-refractivity contribution in [1.82, 2.24) is 0 Å². The maximum absolute atomic E-state index is 13.9. The highest BCUT2D eigenvalue weighted by Gasteiger charge is 2.21. The lowest BCUT2D eigenvalue weighted by Crippen LogP contribution is -2.00. The molecule has 100 valence electrons. The Morgan fingerprint density at radius 2 is 1.58 bits per heavy atom. The molecule has 0 fully saturated rings. The van der Waals surface area contributed by atoms with E-state index in [9.17, 15) is 8.78 Å². The quantitative estimate of drug-likeness (QED) is 0.376. The number of hydrogen-bond acceptors (Lipinski definition) is 0. The van der Waals surface area contributed by atoms with E-state index >= 15 is 0 Å². The van der Waals surface area contributed by atoms with Crippen molar-refractivity contribution < 1.29 is 8.78 Å². The van der Waals surface area contributed by atoms with Gasteiger partial charge in [0.25, 0.3) is 0 Å². The fourth-order valence-electron chi connectivity index (χ4n) is 1.64. The fraction of sp³-hybridized carbons (Fsp3) is 0.0769. The maximum atomic E-state index is 13.9. The van der Waals surface area contributed by atoms with Crippen LogP contribution in [0.1, 0.15) is 16.0 Å². The van der Waals surface area contributed by atoms with E-state index in [2.05, 4.69) is 31.9 Å². The van der Waals surface area contributed by atoms with Gasteiger partial charge in [0.1, 0.15) is 11.6 Å². The summed E-state index contributed by atoms with van der Waals surface area (Å²) in [5.41, 5.74) is 0.641. The smallest absolute Gasteiger partial charge is 0.137 e. The largest absolute Gasteiger partial charge is 0.207 e. The standard InChI is InChI=1S/C13H6Br2Cl2F2/c14-7-5-10(18)6(4-11(7)19)13(15)12-8(16)2-1-3-9(12)17/h1-5,13H. The molecule has 0 spiro atoms. The van der Waals surface area contributed by atoms with Crippen LogP contribution >= 0.6 is 55.1 Å². The molecule has 0 amide bonds. The summed E-state index contributed by atoms with van der Waals surface area (Å²) >= 11 is 18.4. The molecular formula is C13H6Br2Cl2F2. The summed E-state index contributed by atoms with van der Waals surface area (Å²) in [5, 5.41) is 0.772. The van der Waals surface area contributed by atoms with Gasteiger partial charge in [-0.15, -0.1) is 0 Å². The van der Waals surface area contributed by atoms with Crippen LogP contribution in [0.4, 0.5) is 8.78 Å². The molecule has 0 saturated heterocycles. The van der Waals surface area contributed by atoms with Crippen molar-refractivity contribution in [3.8, 4) is 0 Å². The normalized spacial score (nSPS) is 12.5. The van der Waals surface area contributed by atoms with E-state index in [1.54, 1.807) is 18.2 Å². The van der Waals surface area contributed by atoms with E-state index < -0.39 is 16.5 Å². The van der Waals surface area contributed by atoms with Crippen LogP contribution in [-0.2, 0) is 0 Å². The van der Waals surface area contributed by atoms with Crippen molar-refractivity contribution >= 4 is 55.1 Å². The molecule has 0 radical (unpaired) electrons. The van der Waals surface area contributed by atoms with Gasteiger partial charge in [-0.2, -0.15) is 0 Å². The molecule has 0 heterocycles. The minimum absolute atomic E-state index is 0.0682. The monoisotopic (exact) mass is 428 g/mol. The molecule has 0 N–H and O–H groups in total. The third kappa shape index (κ3) is 3.13. The Labute approximate surface area is 136 Å². The van der Waals surface area contributed by atoms with Crippen LogP contribution < -0.4 is 0 Å². The van der Waals surface area contributed by atoms with Gasteiger partial charge < -0.3 is 0 Å². The molecule has 0 saturated carbocycles. The molecule has 1 atom stereocenters. The second kappa shape index (κ2) is 6.08. The Bertz CT molecular complexity index is 612. The Morgan fingerprint density at radius 3 is 2.16 bits per heavy atom. The number of benzene rings is 2. The maximum Gasteiger partial charge on any atom is 0.137 e. The Kier molecular flexibility index (Phi) is 4.88. The molecule has 0 bridgehead atoms. The number of rotatable bonds is 2. The second-order valence-corrected chi connectivity index (χ2v) is 6.37. The molecule has 0 aliphatic rings. The van der Waals surface area contributed by atoms with Gasteiger partial charge in [0, 0.05) is 21.2 Å². The molecule has 0 aliphatic carbocycles. The van der Waals surface area contributed by atoms with Gasteiger partial charge in [-0.3, -0.25) is 0 Å². The van der Waals surface area contributed by atoms with E-state index in [1.165, 1.54) is 0 Å². The van der Waals surface area contributed by atoms with Crippen LogP contribution in [0, 0.1) is 11.6 Å². The van der Waals surface area contributed by atoms with Crippen molar-refractivity contribution in [1.29, 1.82) is 0 Å². The fourth-order valence-corrected chi connectivity index (χ4v) is 3.68. The van der Waals surface area contributed by atoms with E-state index in [4.69, 9.17) is 23.2 Å². The van der Waals surface area contributed by atoms with Gasteiger partial charge in [-0.25, -0.2) is 8.78 Å². The number of alkyl halides is 1. The highest BCUT2D eigenvalue weighted by molar-refractivity contribution is 9.10. The number of halogens is 6. The molecule has 1 unspecified atom stereocenters. The predicted molar refractivity (Wildman–Crippen MR) is 81.3 cm³/mol. The van der Waals surface area contributed by atoms with Crippen LogP contribution in [0.15, 0.2) is 34.8 Å². The summed E-state index contributed by atoms with van der Waals surface area (Å²) in [6.07, 6.45) is 0. The lowest BCUT2D eigenvalue weighted by Gasteiger charge is -2.15. The zero-order valence-corrected chi connectivity index (χ0v) is 13.9. The molecule has 6 heteroatoms. The summed E-state index contributed by atoms with van der Waals surface area (Å²) in [7, 11) is 0.